The number of esters is 2. The molecule has 2 rings (SSSR count). The summed E-state index contributed by atoms with van der Waals surface area (Å²) in [6.07, 6.45) is 1.47. The van der Waals surface area contributed by atoms with E-state index >= 15 is 0 Å². The van der Waals surface area contributed by atoms with Crippen LogP contribution in [-0.4, -0.2) is 36.9 Å². The lowest BCUT2D eigenvalue weighted by Crippen LogP contribution is -2.41. The Kier molecular flexibility index (Phi) is 6.10. The van der Waals surface area contributed by atoms with E-state index in [-0.39, 0.29) is 12.4 Å². The maximum absolute atomic E-state index is 12.9. The van der Waals surface area contributed by atoms with Crippen LogP contribution in [-0.2, 0) is 23.8 Å². The highest BCUT2D eigenvalue weighted by atomic mass is 19.1. The van der Waals surface area contributed by atoms with Crippen molar-refractivity contribution >= 4 is 11.9 Å². The highest BCUT2D eigenvalue weighted by Gasteiger charge is 2.29. The molecule has 1 aromatic carbocycles. The Morgan fingerprint density at radius 2 is 1.88 bits per heavy atom. The molecule has 1 aromatic rings. The molecule has 5 nitrogen and oxygen atoms in total. The van der Waals surface area contributed by atoms with Gasteiger partial charge in [0.15, 0.2) is 0 Å². The van der Waals surface area contributed by atoms with Crippen LogP contribution in [0.4, 0.5) is 4.39 Å². The molecule has 1 aliphatic rings. The molecule has 0 fully saturated rings. The molecule has 24 heavy (non-hydrogen) atoms. The zero-order chi connectivity index (χ0) is 17.5. The van der Waals surface area contributed by atoms with Crippen LogP contribution in [0.1, 0.15) is 19.4 Å². The third-order valence-electron chi connectivity index (χ3n) is 3.12. The maximum atomic E-state index is 12.9. The number of hydrogen-bond acceptors (Lipinski definition) is 5. The monoisotopic (exact) mass is 332 g/mol. The van der Waals surface area contributed by atoms with E-state index in [0.29, 0.717) is 5.56 Å². The molecule has 0 saturated carbocycles. The average Bonchev–Trinajstić information content (AvgIpc) is 2.53. The van der Waals surface area contributed by atoms with E-state index in [2.05, 4.69) is 11.8 Å². The molecule has 0 bridgehead atoms. The molecule has 3 atom stereocenters. The molecule has 0 aliphatic carbocycles. The van der Waals surface area contributed by atoms with Gasteiger partial charge in [0.2, 0.25) is 0 Å². The van der Waals surface area contributed by atoms with Crippen molar-refractivity contribution in [2.24, 2.45) is 0 Å². The minimum atomic E-state index is -0.647. The fraction of sp³-hybridized carbons (Fsp3) is 0.333. The lowest BCUT2D eigenvalue weighted by atomic mass is 10.1. The van der Waals surface area contributed by atoms with E-state index in [4.69, 9.17) is 14.2 Å². The Morgan fingerprint density at radius 1 is 1.17 bits per heavy atom. The molecule has 0 saturated heterocycles. The molecule has 0 unspecified atom stereocenters. The third-order valence-corrected chi connectivity index (χ3v) is 3.12. The van der Waals surface area contributed by atoms with Crippen LogP contribution < -0.4 is 0 Å². The van der Waals surface area contributed by atoms with Gasteiger partial charge in [-0.2, -0.15) is 0 Å². The first-order valence-corrected chi connectivity index (χ1v) is 7.35. The molecule has 0 radical (unpaired) electrons. The molecule has 1 heterocycles. The minimum Gasteiger partial charge on any atom is -0.463 e. The molecule has 0 spiro atoms. The fourth-order valence-electron chi connectivity index (χ4n) is 2.06. The number of hydrogen-bond donors (Lipinski definition) is 0. The smallest absolute Gasteiger partial charge is 0.303 e. The Hall–Kier alpha value is -2.65. The predicted octanol–water partition coefficient (Wildman–Crippen LogP) is 2.00. The van der Waals surface area contributed by atoms with Gasteiger partial charge in [-0.25, -0.2) is 4.39 Å². The Labute approximate surface area is 139 Å². The number of ether oxygens (including phenoxy) is 3. The van der Waals surface area contributed by atoms with Crippen LogP contribution in [0.15, 0.2) is 36.4 Å². The van der Waals surface area contributed by atoms with Crippen LogP contribution in [0.2, 0.25) is 0 Å². The van der Waals surface area contributed by atoms with Crippen LogP contribution >= 0.6 is 0 Å². The quantitative estimate of drug-likeness (QED) is 0.481. The second-order valence-corrected chi connectivity index (χ2v) is 5.13. The number of carbonyl (C=O) groups is 2. The van der Waals surface area contributed by atoms with Crippen molar-refractivity contribution in [1.29, 1.82) is 0 Å². The maximum Gasteiger partial charge on any atom is 0.303 e. The summed E-state index contributed by atoms with van der Waals surface area (Å²) in [5, 5.41) is 0. The zero-order valence-electron chi connectivity index (χ0n) is 13.3. The number of carbonyl (C=O) groups excluding carboxylic acids is 2. The Balaban J connectivity index is 2.08. The molecule has 126 valence electrons. The summed E-state index contributed by atoms with van der Waals surface area (Å²) in [5.74, 6) is 4.51. The van der Waals surface area contributed by atoms with Crippen molar-refractivity contribution in [3.63, 3.8) is 0 Å². The summed E-state index contributed by atoms with van der Waals surface area (Å²) < 4.78 is 28.6. The first-order chi connectivity index (χ1) is 11.4. The van der Waals surface area contributed by atoms with Crippen molar-refractivity contribution in [3.05, 3.63) is 47.8 Å². The van der Waals surface area contributed by atoms with Gasteiger partial charge in [-0.05, 0) is 36.4 Å². The second kappa shape index (κ2) is 8.27. The summed E-state index contributed by atoms with van der Waals surface area (Å²) >= 11 is 0. The van der Waals surface area contributed by atoms with Crippen LogP contribution in [0.5, 0.6) is 0 Å². The van der Waals surface area contributed by atoms with E-state index in [9.17, 15) is 14.0 Å². The van der Waals surface area contributed by atoms with Crippen molar-refractivity contribution in [3.8, 4) is 11.8 Å². The predicted molar refractivity (Wildman–Crippen MR) is 83.3 cm³/mol. The van der Waals surface area contributed by atoms with E-state index < -0.39 is 30.3 Å². The van der Waals surface area contributed by atoms with Crippen LogP contribution in [0.3, 0.4) is 0 Å². The van der Waals surface area contributed by atoms with Gasteiger partial charge in [-0.1, -0.05) is 11.8 Å². The molecular weight excluding hydrogens is 315 g/mol. The van der Waals surface area contributed by atoms with Crippen molar-refractivity contribution < 1.29 is 28.2 Å². The van der Waals surface area contributed by atoms with Gasteiger partial charge in [-0.3, -0.25) is 9.59 Å². The van der Waals surface area contributed by atoms with E-state index in [0.717, 1.165) is 0 Å². The summed E-state index contributed by atoms with van der Waals surface area (Å²) in [6.45, 7) is 2.52. The number of halogens is 1. The van der Waals surface area contributed by atoms with Gasteiger partial charge in [0.05, 0.1) is 0 Å². The number of benzene rings is 1. The summed E-state index contributed by atoms with van der Waals surface area (Å²) in [7, 11) is 0. The van der Waals surface area contributed by atoms with Crippen LogP contribution in [0, 0.1) is 17.7 Å². The Bertz CT molecular complexity index is 684. The normalized spacial score (nSPS) is 22.2. The van der Waals surface area contributed by atoms with Gasteiger partial charge in [0.1, 0.15) is 30.7 Å². The van der Waals surface area contributed by atoms with Gasteiger partial charge in [0.25, 0.3) is 0 Å². The molecule has 0 aromatic heterocycles. The summed E-state index contributed by atoms with van der Waals surface area (Å²) in [5.41, 5.74) is 0.645. The van der Waals surface area contributed by atoms with E-state index in [1.807, 2.05) is 0 Å². The van der Waals surface area contributed by atoms with Crippen molar-refractivity contribution in [2.75, 3.05) is 6.61 Å². The molecule has 1 aliphatic heterocycles. The van der Waals surface area contributed by atoms with E-state index in [1.165, 1.54) is 26.0 Å². The second-order valence-electron chi connectivity index (χ2n) is 5.13. The fourth-order valence-corrected chi connectivity index (χ4v) is 2.06. The molecule has 0 N–H and O–H groups in total. The number of rotatable bonds is 3. The highest BCUT2D eigenvalue weighted by Crippen LogP contribution is 2.17. The largest absolute Gasteiger partial charge is 0.463 e. The molecular formula is C18H17FO5. The first-order valence-electron chi connectivity index (χ1n) is 7.35. The van der Waals surface area contributed by atoms with Crippen molar-refractivity contribution in [2.45, 2.75) is 32.2 Å². The zero-order valence-corrected chi connectivity index (χ0v) is 13.3. The van der Waals surface area contributed by atoms with Gasteiger partial charge in [-0.15, -0.1) is 0 Å². The Morgan fingerprint density at radius 3 is 2.50 bits per heavy atom. The summed E-state index contributed by atoms with van der Waals surface area (Å²) in [4.78, 5) is 22.1. The van der Waals surface area contributed by atoms with Crippen LogP contribution in [0.25, 0.3) is 0 Å². The molecule has 0 amide bonds. The third kappa shape index (κ3) is 5.52. The summed E-state index contributed by atoms with van der Waals surface area (Å²) in [6, 6.07) is 5.77. The minimum absolute atomic E-state index is 0.0493. The van der Waals surface area contributed by atoms with E-state index in [1.54, 1.807) is 24.3 Å². The van der Waals surface area contributed by atoms with Gasteiger partial charge in [0, 0.05) is 19.4 Å². The van der Waals surface area contributed by atoms with Gasteiger partial charge >= 0.3 is 11.9 Å². The molecule has 6 heteroatoms. The standard InChI is InChI=1S/C18H17FO5/c1-12(20)22-11-18-17(23-13(2)21)10-9-16(24-18)8-5-14-3-6-15(19)7-4-14/h3-4,6-7,9-10,16-18H,11H2,1-2H3/t16-,17-,18-/m1/s1. The van der Waals surface area contributed by atoms with Crippen molar-refractivity contribution in [1.82, 2.24) is 0 Å². The highest BCUT2D eigenvalue weighted by molar-refractivity contribution is 5.67. The average molecular weight is 332 g/mol. The van der Waals surface area contributed by atoms with Gasteiger partial charge < -0.3 is 14.2 Å². The SMILES string of the molecule is CC(=O)OC[C@H]1O[C@H](C#Cc2ccc(F)cc2)C=C[C@H]1OC(C)=O. The topological polar surface area (TPSA) is 61.8 Å². The first kappa shape index (κ1) is 17.7. The lowest BCUT2D eigenvalue weighted by molar-refractivity contribution is -0.161. The lowest BCUT2D eigenvalue weighted by Gasteiger charge is -2.29.